The molecule has 1 rings (SSSR count). The maximum atomic E-state index is 13.3. The number of nitriles is 1. The highest BCUT2D eigenvalue weighted by Gasteiger charge is 2.00. The zero-order valence-corrected chi connectivity index (χ0v) is 9.18. The van der Waals surface area contributed by atoms with Gasteiger partial charge in [-0.15, -0.1) is 0 Å². The summed E-state index contributed by atoms with van der Waals surface area (Å²) in [5.41, 5.74) is 1.16. The largest absolute Gasteiger partial charge is 0.319 e. The standard InChI is InChI=1S/C13H13FN2/c1-16-9-3-2-4-12-10-11(7-8-15)5-6-13(12)14/h5-6,10,16H,3,7,9H2,1H3. The number of rotatable bonds is 3. The molecule has 0 atom stereocenters. The lowest BCUT2D eigenvalue weighted by Gasteiger charge is -1.97. The first kappa shape index (κ1) is 12.2. The predicted octanol–water partition coefficient (Wildman–Crippen LogP) is 1.85. The van der Waals surface area contributed by atoms with Gasteiger partial charge in [0.05, 0.1) is 18.1 Å². The smallest absolute Gasteiger partial charge is 0.138 e. The average molecular weight is 216 g/mol. The van der Waals surface area contributed by atoms with E-state index in [-0.39, 0.29) is 12.2 Å². The Hall–Kier alpha value is -1.84. The summed E-state index contributed by atoms with van der Waals surface area (Å²) in [7, 11) is 1.84. The van der Waals surface area contributed by atoms with E-state index in [1.165, 1.54) is 6.07 Å². The first-order chi connectivity index (χ1) is 7.77. The van der Waals surface area contributed by atoms with Crippen LogP contribution in [0, 0.1) is 29.0 Å². The molecule has 0 radical (unpaired) electrons. The minimum absolute atomic E-state index is 0.283. The summed E-state index contributed by atoms with van der Waals surface area (Å²) in [6.07, 6.45) is 0.962. The van der Waals surface area contributed by atoms with E-state index >= 15 is 0 Å². The monoisotopic (exact) mass is 216 g/mol. The molecule has 3 heteroatoms. The van der Waals surface area contributed by atoms with Gasteiger partial charge in [-0.25, -0.2) is 4.39 Å². The second-order valence-corrected chi connectivity index (χ2v) is 3.30. The molecule has 16 heavy (non-hydrogen) atoms. The van der Waals surface area contributed by atoms with E-state index in [0.29, 0.717) is 12.0 Å². The molecule has 82 valence electrons. The molecule has 0 aromatic heterocycles. The minimum Gasteiger partial charge on any atom is -0.319 e. The first-order valence-corrected chi connectivity index (χ1v) is 5.06. The molecule has 0 aliphatic heterocycles. The van der Waals surface area contributed by atoms with Crippen LogP contribution in [-0.4, -0.2) is 13.6 Å². The van der Waals surface area contributed by atoms with Gasteiger partial charge in [-0.3, -0.25) is 0 Å². The van der Waals surface area contributed by atoms with Crippen LogP contribution in [0.1, 0.15) is 17.5 Å². The van der Waals surface area contributed by atoms with Crippen LogP contribution in [0.2, 0.25) is 0 Å². The van der Waals surface area contributed by atoms with Crippen molar-refractivity contribution in [1.82, 2.24) is 5.32 Å². The van der Waals surface area contributed by atoms with Crippen LogP contribution in [0.3, 0.4) is 0 Å². The first-order valence-electron chi connectivity index (χ1n) is 5.06. The Morgan fingerprint density at radius 2 is 2.25 bits per heavy atom. The van der Waals surface area contributed by atoms with Crippen LogP contribution in [0.4, 0.5) is 4.39 Å². The second-order valence-electron chi connectivity index (χ2n) is 3.30. The normalized spacial score (nSPS) is 9.06. The van der Waals surface area contributed by atoms with E-state index in [0.717, 1.165) is 12.1 Å². The van der Waals surface area contributed by atoms with Crippen molar-refractivity contribution in [2.75, 3.05) is 13.6 Å². The summed E-state index contributed by atoms with van der Waals surface area (Å²) < 4.78 is 13.3. The van der Waals surface area contributed by atoms with Crippen molar-refractivity contribution in [1.29, 1.82) is 5.26 Å². The molecule has 1 aromatic rings. The van der Waals surface area contributed by atoms with Gasteiger partial charge in [0.2, 0.25) is 0 Å². The Kier molecular flexibility index (Phi) is 5.05. The number of halogens is 1. The Labute approximate surface area is 95.1 Å². The number of benzene rings is 1. The highest BCUT2D eigenvalue weighted by atomic mass is 19.1. The van der Waals surface area contributed by atoms with Gasteiger partial charge in [0.1, 0.15) is 5.82 Å². The lowest BCUT2D eigenvalue weighted by atomic mass is 10.1. The highest BCUT2D eigenvalue weighted by Crippen LogP contribution is 2.09. The molecule has 0 spiro atoms. The summed E-state index contributed by atoms with van der Waals surface area (Å²) in [5, 5.41) is 11.5. The van der Waals surface area contributed by atoms with Crippen molar-refractivity contribution in [2.45, 2.75) is 12.8 Å². The zero-order chi connectivity index (χ0) is 11.8. The molecule has 0 saturated carbocycles. The van der Waals surface area contributed by atoms with Crippen molar-refractivity contribution < 1.29 is 4.39 Å². The van der Waals surface area contributed by atoms with Gasteiger partial charge in [-0.1, -0.05) is 17.9 Å². The summed E-state index contributed by atoms with van der Waals surface area (Å²) in [6.45, 7) is 0.784. The van der Waals surface area contributed by atoms with Crippen molar-refractivity contribution in [3.05, 3.63) is 35.1 Å². The molecule has 0 aliphatic carbocycles. The van der Waals surface area contributed by atoms with Crippen LogP contribution in [0.5, 0.6) is 0 Å². The summed E-state index contributed by atoms with van der Waals surface area (Å²) >= 11 is 0. The average Bonchev–Trinajstić information content (AvgIpc) is 2.29. The number of nitrogens with zero attached hydrogens (tertiary/aromatic N) is 1. The molecule has 0 amide bonds. The second kappa shape index (κ2) is 6.61. The van der Waals surface area contributed by atoms with Gasteiger partial charge in [0.25, 0.3) is 0 Å². The third kappa shape index (κ3) is 3.73. The van der Waals surface area contributed by atoms with Gasteiger partial charge in [-0.05, 0) is 24.7 Å². The Bertz CT molecular complexity index is 449. The molecule has 0 fully saturated rings. The van der Waals surface area contributed by atoms with Crippen LogP contribution < -0.4 is 5.32 Å². The van der Waals surface area contributed by atoms with E-state index in [1.54, 1.807) is 12.1 Å². The zero-order valence-electron chi connectivity index (χ0n) is 9.18. The van der Waals surface area contributed by atoms with E-state index in [1.807, 2.05) is 13.1 Å². The molecule has 0 heterocycles. The lowest BCUT2D eigenvalue weighted by Crippen LogP contribution is -2.05. The third-order valence-corrected chi connectivity index (χ3v) is 2.04. The SMILES string of the molecule is CNCCC#Cc1cc(CC#N)ccc1F. The number of hydrogen-bond acceptors (Lipinski definition) is 2. The molecular weight excluding hydrogens is 203 g/mol. The number of nitrogens with one attached hydrogen (secondary N) is 1. The molecule has 1 N–H and O–H groups in total. The van der Waals surface area contributed by atoms with Gasteiger partial charge < -0.3 is 5.32 Å². The summed E-state index contributed by atoms with van der Waals surface area (Å²) in [6, 6.07) is 6.62. The topological polar surface area (TPSA) is 35.8 Å². The van der Waals surface area contributed by atoms with E-state index in [9.17, 15) is 4.39 Å². The van der Waals surface area contributed by atoms with Crippen LogP contribution >= 0.6 is 0 Å². The summed E-state index contributed by atoms with van der Waals surface area (Å²) in [4.78, 5) is 0. The summed E-state index contributed by atoms with van der Waals surface area (Å²) in [5.74, 6) is 5.31. The molecule has 0 unspecified atom stereocenters. The molecule has 0 aliphatic rings. The maximum Gasteiger partial charge on any atom is 0.138 e. The van der Waals surface area contributed by atoms with Gasteiger partial charge >= 0.3 is 0 Å². The fourth-order valence-electron chi connectivity index (χ4n) is 1.21. The Morgan fingerprint density at radius 1 is 1.44 bits per heavy atom. The van der Waals surface area contributed by atoms with E-state index in [2.05, 4.69) is 17.2 Å². The predicted molar refractivity (Wildman–Crippen MR) is 61.1 cm³/mol. The van der Waals surface area contributed by atoms with E-state index < -0.39 is 0 Å². The Morgan fingerprint density at radius 3 is 2.94 bits per heavy atom. The van der Waals surface area contributed by atoms with Crippen molar-refractivity contribution >= 4 is 0 Å². The Balaban J connectivity index is 2.80. The molecule has 2 nitrogen and oxygen atoms in total. The number of hydrogen-bond donors (Lipinski definition) is 1. The minimum atomic E-state index is -0.335. The molecular formula is C13H13FN2. The van der Waals surface area contributed by atoms with Crippen LogP contribution in [0.25, 0.3) is 0 Å². The molecule has 0 saturated heterocycles. The van der Waals surface area contributed by atoms with Crippen molar-refractivity contribution in [3.63, 3.8) is 0 Å². The fraction of sp³-hybridized carbons (Fsp3) is 0.308. The molecule has 1 aromatic carbocycles. The molecule has 0 bridgehead atoms. The quantitative estimate of drug-likeness (QED) is 0.618. The van der Waals surface area contributed by atoms with Gasteiger partial charge in [0.15, 0.2) is 0 Å². The van der Waals surface area contributed by atoms with E-state index in [4.69, 9.17) is 5.26 Å². The van der Waals surface area contributed by atoms with Crippen LogP contribution in [-0.2, 0) is 6.42 Å². The van der Waals surface area contributed by atoms with Gasteiger partial charge in [0, 0.05) is 13.0 Å². The third-order valence-electron chi connectivity index (χ3n) is 2.04. The van der Waals surface area contributed by atoms with Crippen molar-refractivity contribution in [3.8, 4) is 17.9 Å². The lowest BCUT2D eigenvalue weighted by molar-refractivity contribution is 0.623. The van der Waals surface area contributed by atoms with Crippen molar-refractivity contribution in [2.24, 2.45) is 0 Å². The fourth-order valence-corrected chi connectivity index (χ4v) is 1.21. The highest BCUT2D eigenvalue weighted by molar-refractivity contribution is 5.39. The van der Waals surface area contributed by atoms with Crippen LogP contribution in [0.15, 0.2) is 18.2 Å². The van der Waals surface area contributed by atoms with Gasteiger partial charge in [-0.2, -0.15) is 5.26 Å². The maximum absolute atomic E-state index is 13.3.